The maximum Gasteiger partial charge on any atom is 0.335 e. The SMILES string of the molecule is Cc1ccc(N2C(=O)NC(=O)/C(=C/c3ccc(-c4ccc(C(=O)[O-])cc4C)o3)C2=O)cc1Cl. The Kier molecular flexibility index (Phi) is 5.61. The van der Waals surface area contributed by atoms with Crippen LogP contribution in [0.2, 0.25) is 5.02 Å². The van der Waals surface area contributed by atoms with E-state index in [4.69, 9.17) is 16.0 Å². The molecule has 0 saturated carbocycles. The van der Waals surface area contributed by atoms with Crippen molar-refractivity contribution >= 4 is 47.2 Å². The standard InChI is InChI=1S/C24H17ClN2O6/c1-12-3-5-15(10-19(12)25)27-22(29)18(21(28)26-24(27)32)11-16-6-8-20(33-16)17-7-4-14(23(30)31)9-13(17)2/h3-11H,1-2H3,(H,30,31)(H,26,28,32)/p-1/b18-11-. The molecule has 0 unspecified atom stereocenters. The number of halogens is 1. The van der Waals surface area contributed by atoms with Gasteiger partial charge < -0.3 is 14.3 Å². The van der Waals surface area contributed by atoms with Crippen LogP contribution in [0.5, 0.6) is 0 Å². The fraction of sp³-hybridized carbons (Fsp3) is 0.0833. The highest BCUT2D eigenvalue weighted by molar-refractivity contribution is 6.39. The van der Waals surface area contributed by atoms with Gasteiger partial charge in [-0.1, -0.05) is 29.8 Å². The first-order valence-corrected chi connectivity index (χ1v) is 10.1. The van der Waals surface area contributed by atoms with E-state index in [9.17, 15) is 24.3 Å². The number of amides is 4. The predicted molar refractivity (Wildman–Crippen MR) is 118 cm³/mol. The summed E-state index contributed by atoms with van der Waals surface area (Å²) < 4.78 is 5.76. The van der Waals surface area contributed by atoms with E-state index in [-0.39, 0.29) is 22.6 Å². The minimum atomic E-state index is -1.29. The Labute approximate surface area is 193 Å². The fourth-order valence-corrected chi connectivity index (χ4v) is 3.57. The van der Waals surface area contributed by atoms with Gasteiger partial charge >= 0.3 is 6.03 Å². The van der Waals surface area contributed by atoms with Gasteiger partial charge in [-0.15, -0.1) is 0 Å². The lowest BCUT2D eigenvalue weighted by Gasteiger charge is -2.26. The van der Waals surface area contributed by atoms with Crippen molar-refractivity contribution in [2.24, 2.45) is 0 Å². The number of furan rings is 1. The van der Waals surface area contributed by atoms with Crippen LogP contribution in [0, 0.1) is 13.8 Å². The monoisotopic (exact) mass is 463 g/mol. The van der Waals surface area contributed by atoms with E-state index in [1.54, 1.807) is 44.2 Å². The Bertz CT molecular complexity index is 1370. The van der Waals surface area contributed by atoms with E-state index >= 15 is 0 Å². The molecule has 1 fully saturated rings. The number of anilines is 1. The van der Waals surface area contributed by atoms with Crippen LogP contribution >= 0.6 is 11.6 Å². The molecule has 0 radical (unpaired) electrons. The molecular weight excluding hydrogens is 448 g/mol. The van der Waals surface area contributed by atoms with Crippen LogP contribution < -0.4 is 15.3 Å². The highest BCUT2D eigenvalue weighted by atomic mass is 35.5. The number of aromatic carboxylic acids is 1. The van der Waals surface area contributed by atoms with Crippen LogP contribution in [0.4, 0.5) is 10.5 Å². The predicted octanol–water partition coefficient (Wildman–Crippen LogP) is 3.25. The molecule has 3 aromatic rings. The first kappa shape index (κ1) is 22.0. The summed E-state index contributed by atoms with van der Waals surface area (Å²) in [5.41, 5.74) is 2.00. The van der Waals surface area contributed by atoms with Crippen molar-refractivity contribution in [1.29, 1.82) is 0 Å². The van der Waals surface area contributed by atoms with E-state index in [0.29, 0.717) is 21.9 Å². The van der Waals surface area contributed by atoms with Gasteiger partial charge in [-0.25, -0.2) is 9.69 Å². The Morgan fingerprint density at radius 3 is 2.45 bits per heavy atom. The van der Waals surface area contributed by atoms with Gasteiger partial charge in [0.25, 0.3) is 11.8 Å². The molecule has 9 heteroatoms. The maximum absolute atomic E-state index is 13.0. The Morgan fingerprint density at radius 1 is 1.03 bits per heavy atom. The summed E-state index contributed by atoms with van der Waals surface area (Å²) in [6.07, 6.45) is 1.24. The molecular formula is C24H16ClN2O6-. The molecule has 4 rings (SSSR count). The number of carbonyl (C=O) groups is 4. The van der Waals surface area contributed by atoms with E-state index in [0.717, 1.165) is 10.5 Å². The summed E-state index contributed by atoms with van der Waals surface area (Å²) in [6.45, 7) is 3.50. The molecule has 8 nitrogen and oxygen atoms in total. The number of benzene rings is 2. The number of rotatable bonds is 4. The number of hydrogen-bond acceptors (Lipinski definition) is 6. The van der Waals surface area contributed by atoms with E-state index in [2.05, 4.69) is 5.32 Å². The summed E-state index contributed by atoms with van der Waals surface area (Å²) in [7, 11) is 0. The lowest BCUT2D eigenvalue weighted by Crippen LogP contribution is -2.54. The van der Waals surface area contributed by atoms with Crippen molar-refractivity contribution in [1.82, 2.24) is 5.32 Å². The van der Waals surface area contributed by atoms with Crippen molar-refractivity contribution in [3.05, 3.63) is 81.6 Å². The van der Waals surface area contributed by atoms with Crippen molar-refractivity contribution in [3.8, 4) is 11.3 Å². The largest absolute Gasteiger partial charge is 0.545 e. The Balaban J connectivity index is 1.67. The number of urea groups is 1. The maximum atomic E-state index is 13.0. The van der Waals surface area contributed by atoms with Gasteiger partial charge in [0.15, 0.2) is 0 Å². The Morgan fingerprint density at radius 2 is 1.79 bits per heavy atom. The number of aryl methyl sites for hydroxylation is 2. The first-order valence-electron chi connectivity index (χ1n) is 9.75. The number of nitrogens with one attached hydrogen (secondary N) is 1. The second kappa shape index (κ2) is 8.40. The zero-order valence-electron chi connectivity index (χ0n) is 17.5. The number of carbonyl (C=O) groups excluding carboxylic acids is 4. The Hall–Kier alpha value is -4.17. The normalized spacial score (nSPS) is 15.2. The van der Waals surface area contributed by atoms with Gasteiger partial charge in [0, 0.05) is 10.6 Å². The number of carboxylic acid groups (broad SMARTS) is 1. The van der Waals surface area contributed by atoms with Gasteiger partial charge in [-0.2, -0.15) is 0 Å². The summed E-state index contributed by atoms with van der Waals surface area (Å²) >= 11 is 6.12. The average molecular weight is 464 g/mol. The lowest BCUT2D eigenvalue weighted by molar-refractivity contribution is -0.255. The van der Waals surface area contributed by atoms with Crippen LogP contribution in [0.3, 0.4) is 0 Å². The van der Waals surface area contributed by atoms with Gasteiger partial charge in [0.2, 0.25) is 0 Å². The molecule has 1 aromatic heterocycles. The summed E-state index contributed by atoms with van der Waals surface area (Å²) in [4.78, 5) is 49.6. The molecule has 0 aliphatic carbocycles. The highest BCUT2D eigenvalue weighted by Gasteiger charge is 2.37. The van der Waals surface area contributed by atoms with E-state index in [1.807, 2.05) is 0 Å². The van der Waals surface area contributed by atoms with Crippen molar-refractivity contribution < 1.29 is 28.7 Å². The van der Waals surface area contributed by atoms with Crippen molar-refractivity contribution in [2.75, 3.05) is 4.90 Å². The van der Waals surface area contributed by atoms with Crippen LogP contribution in [-0.4, -0.2) is 23.8 Å². The molecule has 1 aliphatic rings. The fourth-order valence-electron chi connectivity index (χ4n) is 3.40. The molecule has 0 bridgehead atoms. The molecule has 166 valence electrons. The lowest BCUT2D eigenvalue weighted by atomic mass is 10.0. The minimum absolute atomic E-state index is 0.0376. The van der Waals surface area contributed by atoms with Crippen molar-refractivity contribution in [3.63, 3.8) is 0 Å². The minimum Gasteiger partial charge on any atom is -0.545 e. The third kappa shape index (κ3) is 4.16. The van der Waals surface area contributed by atoms with Gasteiger partial charge in [0.05, 0.1) is 11.7 Å². The molecule has 2 heterocycles. The number of nitrogens with zero attached hydrogens (tertiary/aromatic N) is 1. The molecule has 0 spiro atoms. The first-order chi connectivity index (χ1) is 15.7. The second-order valence-electron chi connectivity index (χ2n) is 7.41. The third-order valence-electron chi connectivity index (χ3n) is 5.16. The average Bonchev–Trinajstić information content (AvgIpc) is 3.21. The zero-order valence-corrected chi connectivity index (χ0v) is 18.2. The summed E-state index contributed by atoms with van der Waals surface area (Å²) in [5.74, 6) is -2.36. The van der Waals surface area contributed by atoms with Gasteiger partial charge in [-0.05, 0) is 66.9 Å². The molecule has 4 amide bonds. The summed E-state index contributed by atoms with van der Waals surface area (Å²) in [5, 5.41) is 13.5. The van der Waals surface area contributed by atoms with Gasteiger partial charge in [0.1, 0.15) is 17.1 Å². The van der Waals surface area contributed by atoms with Crippen molar-refractivity contribution in [2.45, 2.75) is 13.8 Å². The highest BCUT2D eigenvalue weighted by Crippen LogP contribution is 2.29. The van der Waals surface area contributed by atoms with Crippen LogP contribution in [-0.2, 0) is 9.59 Å². The zero-order chi connectivity index (χ0) is 23.9. The van der Waals surface area contributed by atoms with Crippen LogP contribution in [0.15, 0.2) is 58.5 Å². The molecule has 0 atom stereocenters. The third-order valence-corrected chi connectivity index (χ3v) is 5.56. The summed E-state index contributed by atoms with van der Waals surface area (Å²) in [6, 6.07) is 11.4. The molecule has 1 aliphatic heterocycles. The van der Waals surface area contributed by atoms with Crippen LogP contribution in [0.25, 0.3) is 17.4 Å². The molecule has 1 saturated heterocycles. The van der Waals surface area contributed by atoms with E-state index in [1.165, 1.54) is 24.3 Å². The quantitative estimate of drug-likeness (QED) is 0.468. The molecule has 1 N–H and O–H groups in total. The number of imide groups is 2. The number of carboxylic acids is 1. The number of barbiturate groups is 1. The smallest absolute Gasteiger partial charge is 0.335 e. The molecule has 33 heavy (non-hydrogen) atoms. The second-order valence-corrected chi connectivity index (χ2v) is 7.82. The van der Waals surface area contributed by atoms with E-state index < -0.39 is 23.8 Å². The number of hydrogen-bond donors (Lipinski definition) is 1. The van der Waals surface area contributed by atoms with Crippen LogP contribution in [0.1, 0.15) is 27.2 Å². The topological polar surface area (TPSA) is 120 Å². The van der Waals surface area contributed by atoms with Gasteiger partial charge in [-0.3, -0.25) is 14.9 Å². The molecule has 2 aromatic carbocycles.